The molecule has 3 nitrogen and oxygen atoms in total. The van der Waals surface area contributed by atoms with E-state index in [4.69, 9.17) is 5.11 Å². The van der Waals surface area contributed by atoms with Gasteiger partial charge in [-0.1, -0.05) is 27.7 Å². The highest BCUT2D eigenvalue weighted by Gasteiger charge is 2.27. The Labute approximate surface area is 119 Å². The summed E-state index contributed by atoms with van der Waals surface area (Å²) >= 11 is 0. The smallest absolute Gasteiger partial charge is 0.309 e. The maximum Gasteiger partial charge on any atom is 0.309 e. The van der Waals surface area contributed by atoms with Crippen molar-refractivity contribution < 1.29 is 9.90 Å². The van der Waals surface area contributed by atoms with E-state index < -0.39 is 11.4 Å². The van der Waals surface area contributed by atoms with Crippen LogP contribution in [0, 0.1) is 11.3 Å². The molecule has 0 saturated carbocycles. The van der Waals surface area contributed by atoms with Crippen molar-refractivity contribution in [2.75, 3.05) is 13.1 Å². The number of hydrogen-bond acceptors (Lipinski definition) is 2. The van der Waals surface area contributed by atoms with E-state index in [1.54, 1.807) is 0 Å². The molecule has 0 rings (SSSR count). The molecule has 114 valence electrons. The molecule has 0 unspecified atom stereocenters. The molecule has 0 saturated heterocycles. The summed E-state index contributed by atoms with van der Waals surface area (Å²) in [5.41, 5.74) is -0.600. The standard InChI is InChI=1S/C16H33NO2/c1-7-14(8-2)17(12-13(3)4)11-9-10-16(5,6)15(18)19/h13-14H,7-12H2,1-6H3,(H,18,19). The topological polar surface area (TPSA) is 40.5 Å². The molecule has 0 aliphatic heterocycles. The van der Waals surface area contributed by atoms with Gasteiger partial charge in [0.05, 0.1) is 5.41 Å². The lowest BCUT2D eigenvalue weighted by Gasteiger charge is -2.32. The Balaban J connectivity index is 4.38. The van der Waals surface area contributed by atoms with Crippen LogP contribution in [0.1, 0.15) is 67.2 Å². The minimum Gasteiger partial charge on any atom is -0.481 e. The molecule has 0 atom stereocenters. The zero-order chi connectivity index (χ0) is 15.1. The Morgan fingerprint density at radius 3 is 2.11 bits per heavy atom. The van der Waals surface area contributed by atoms with Gasteiger partial charge in [0.1, 0.15) is 0 Å². The molecule has 0 spiro atoms. The minimum atomic E-state index is -0.689. The molecule has 0 aliphatic carbocycles. The number of hydrogen-bond donors (Lipinski definition) is 1. The SMILES string of the molecule is CCC(CC)N(CCCC(C)(C)C(=O)O)CC(C)C. The van der Waals surface area contributed by atoms with Gasteiger partial charge in [0.2, 0.25) is 0 Å². The highest BCUT2D eigenvalue weighted by atomic mass is 16.4. The van der Waals surface area contributed by atoms with Gasteiger partial charge in [-0.25, -0.2) is 0 Å². The number of carboxylic acid groups (broad SMARTS) is 1. The monoisotopic (exact) mass is 271 g/mol. The Morgan fingerprint density at radius 1 is 1.21 bits per heavy atom. The molecular weight excluding hydrogens is 238 g/mol. The Bertz CT molecular complexity index is 257. The van der Waals surface area contributed by atoms with Gasteiger partial charge in [-0.2, -0.15) is 0 Å². The first-order valence-corrected chi connectivity index (χ1v) is 7.72. The zero-order valence-corrected chi connectivity index (χ0v) is 13.7. The third-order valence-electron chi connectivity index (χ3n) is 3.88. The van der Waals surface area contributed by atoms with E-state index in [2.05, 4.69) is 32.6 Å². The lowest BCUT2D eigenvalue weighted by atomic mass is 9.88. The second kappa shape index (κ2) is 8.57. The van der Waals surface area contributed by atoms with E-state index in [0.29, 0.717) is 12.0 Å². The third kappa shape index (κ3) is 6.95. The molecule has 0 aromatic rings. The molecule has 1 N–H and O–H groups in total. The van der Waals surface area contributed by atoms with Crippen LogP contribution < -0.4 is 0 Å². The molecule has 0 amide bonds. The average Bonchev–Trinajstić information content (AvgIpc) is 2.29. The molecule has 0 heterocycles. The van der Waals surface area contributed by atoms with Crippen molar-refractivity contribution in [2.24, 2.45) is 11.3 Å². The van der Waals surface area contributed by atoms with E-state index in [-0.39, 0.29) is 0 Å². The molecule has 0 bridgehead atoms. The van der Waals surface area contributed by atoms with Crippen molar-refractivity contribution in [3.05, 3.63) is 0 Å². The molecular formula is C16H33NO2. The summed E-state index contributed by atoms with van der Waals surface area (Å²) in [6.07, 6.45) is 4.05. The fraction of sp³-hybridized carbons (Fsp3) is 0.938. The first kappa shape index (κ1) is 18.4. The minimum absolute atomic E-state index is 0.600. The maximum absolute atomic E-state index is 11.1. The van der Waals surface area contributed by atoms with Crippen LogP contribution in [0.5, 0.6) is 0 Å². The van der Waals surface area contributed by atoms with Crippen molar-refractivity contribution in [3.8, 4) is 0 Å². The highest BCUT2D eigenvalue weighted by molar-refractivity contribution is 5.73. The van der Waals surface area contributed by atoms with Crippen molar-refractivity contribution >= 4 is 5.97 Å². The van der Waals surface area contributed by atoms with Gasteiger partial charge in [0, 0.05) is 12.6 Å². The second-order valence-electron chi connectivity index (χ2n) is 6.65. The largest absolute Gasteiger partial charge is 0.481 e. The number of aliphatic carboxylic acids is 1. The van der Waals surface area contributed by atoms with E-state index in [0.717, 1.165) is 25.9 Å². The number of rotatable bonds is 10. The van der Waals surface area contributed by atoms with E-state index >= 15 is 0 Å². The summed E-state index contributed by atoms with van der Waals surface area (Å²) in [6.45, 7) is 14.7. The fourth-order valence-electron chi connectivity index (χ4n) is 2.53. The molecule has 19 heavy (non-hydrogen) atoms. The molecule has 0 aliphatic rings. The quantitative estimate of drug-likeness (QED) is 0.652. The molecule has 0 fully saturated rings. The Morgan fingerprint density at radius 2 is 1.74 bits per heavy atom. The summed E-state index contributed by atoms with van der Waals surface area (Å²) in [5, 5.41) is 9.14. The van der Waals surface area contributed by atoms with Crippen LogP contribution in [0.4, 0.5) is 0 Å². The van der Waals surface area contributed by atoms with Crippen molar-refractivity contribution in [3.63, 3.8) is 0 Å². The van der Waals surface area contributed by atoms with Gasteiger partial charge in [-0.3, -0.25) is 4.79 Å². The second-order valence-corrected chi connectivity index (χ2v) is 6.65. The van der Waals surface area contributed by atoms with Gasteiger partial charge in [-0.05, 0) is 52.0 Å². The number of carboxylic acids is 1. The van der Waals surface area contributed by atoms with Crippen molar-refractivity contribution in [1.29, 1.82) is 0 Å². The summed E-state index contributed by atoms with van der Waals surface area (Å²) < 4.78 is 0. The maximum atomic E-state index is 11.1. The zero-order valence-electron chi connectivity index (χ0n) is 13.7. The van der Waals surface area contributed by atoms with Gasteiger partial charge in [-0.15, -0.1) is 0 Å². The first-order chi connectivity index (χ1) is 8.74. The molecule has 3 heteroatoms. The summed E-state index contributed by atoms with van der Waals surface area (Å²) in [5.74, 6) is -0.0291. The van der Waals surface area contributed by atoms with Crippen LogP contribution in [0.15, 0.2) is 0 Å². The van der Waals surface area contributed by atoms with Gasteiger partial charge in [0.15, 0.2) is 0 Å². The number of nitrogens with zero attached hydrogens (tertiary/aromatic N) is 1. The summed E-state index contributed by atoms with van der Waals surface area (Å²) in [7, 11) is 0. The number of carbonyl (C=O) groups is 1. The Hall–Kier alpha value is -0.570. The first-order valence-electron chi connectivity index (χ1n) is 7.72. The average molecular weight is 271 g/mol. The lowest BCUT2D eigenvalue weighted by molar-refractivity contribution is -0.147. The highest BCUT2D eigenvalue weighted by Crippen LogP contribution is 2.23. The third-order valence-corrected chi connectivity index (χ3v) is 3.88. The van der Waals surface area contributed by atoms with Crippen LogP contribution in [0.25, 0.3) is 0 Å². The lowest BCUT2D eigenvalue weighted by Crippen LogP contribution is -2.38. The van der Waals surface area contributed by atoms with Crippen molar-refractivity contribution in [2.45, 2.75) is 73.3 Å². The summed E-state index contributed by atoms with van der Waals surface area (Å²) in [6, 6.07) is 0.635. The van der Waals surface area contributed by atoms with E-state index in [1.165, 1.54) is 12.8 Å². The predicted molar refractivity (Wildman–Crippen MR) is 81.4 cm³/mol. The fourth-order valence-corrected chi connectivity index (χ4v) is 2.53. The Kier molecular flexibility index (Phi) is 8.31. The van der Waals surface area contributed by atoms with Gasteiger partial charge >= 0.3 is 5.97 Å². The van der Waals surface area contributed by atoms with Gasteiger partial charge < -0.3 is 10.0 Å². The van der Waals surface area contributed by atoms with Crippen LogP contribution >= 0.6 is 0 Å². The van der Waals surface area contributed by atoms with E-state index in [1.807, 2.05) is 13.8 Å². The van der Waals surface area contributed by atoms with Crippen LogP contribution in [0.2, 0.25) is 0 Å². The molecule has 0 radical (unpaired) electrons. The molecule has 0 aromatic heterocycles. The van der Waals surface area contributed by atoms with Crippen LogP contribution in [0.3, 0.4) is 0 Å². The molecule has 0 aromatic carbocycles. The normalized spacial score (nSPS) is 12.7. The van der Waals surface area contributed by atoms with Crippen molar-refractivity contribution in [1.82, 2.24) is 4.90 Å². The van der Waals surface area contributed by atoms with Crippen LogP contribution in [-0.4, -0.2) is 35.1 Å². The van der Waals surface area contributed by atoms with E-state index in [9.17, 15) is 4.79 Å². The summed E-state index contributed by atoms with van der Waals surface area (Å²) in [4.78, 5) is 13.7. The predicted octanol–water partition coefficient (Wildman–Crippen LogP) is 4.02. The van der Waals surface area contributed by atoms with Crippen LogP contribution in [-0.2, 0) is 4.79 Å². The van der Waals surface area contributed by atoms with Gasteiger partial charge in [0.25, 0.3) is 0 Å².